The van der Waals surface area contributed by atoms with Crippen molar-refractivity contribution in [2.45, 2.75) is 25.8 Å². The average molecular weight is 280 g/mol. The van der Waals surface area contributed by atoms with E-state index in [1.54, 1.807) is 0 Å². The number of aryl methyl sites for hydroxylation is 1. The Morgan fingerprint density at radius 2 is 2.11 bits per heavy atom. The highest BCUT2D eigenvalue weighted by Gasteiger charge is 2.21. The predicted octanol–water partition coefficient (Wildman–Crippen LogP) is 3.09. The van der Waals surface area contributed by atoms with E-state index >= 15 is 0 Å². The first-order chi connectivity index (χ1) is 8.65. The molecular weight excluding hydrogens is 264 g/mol. The molecule has 3 nitrogen and oxygen atoms in total. The summed E-state index contributed by atoms with van der Waals surface area (Å²) < 4.78 is 14.5. The maximum Gasteiger partial charge on any atom is 0.178 e. The van der Waals surface area contributed by atoms with Gasteiger partial charge in [-0.15, -0.1) is 0 Å². The topological polar surface area (TPSA) is 37.8 Å². The molecule has 0 spiro atoms. The molecule has 0 radical (unpaired) electrons. The van der Waals surface area contributed by atoms with E-state index < -0.39 is 10.8 Å². The Balaban J connectivity index is 2.10. The summed E-state index contributed by atoms with van der Waals surface area (Å²) in [5.74, 6) is 1.59. The van der Waals surface area contributed by atoms with Crippen molar-refractivity contribution in [1.82, 2.24) is 9.55 Å². The quantitative estimate of drug-likeness (QED) is 0.815. The SMILES string of the molecule is Cc1ccc2[nH]c(=S)n(C3CCS(=O)CC3)c2c1. The summed E-state index contributed by atoms with van der Waals surface area (Å²) in [5.41, 5.74) is 3.51. The summed E-state index contributed by atoms with van der Waals surface area (Å²) in [6, 6.07) is 6.74. The third-order valence-corrected chi connectivity index (χ3v) is 5.28. The number of aromatic amines is 1. The van der Waals surface area contributed by atoms with Crippen molar-refractivity contribution in [2.75, 3.05) is 11.5 Å². The van der Waals surface area contributed by atoms with Crippen molar-refractivity contribution in [1.29, 1.82) is 0 Å². The maximum atomic E-state index is 11.4. The van der Waals surface area contributed by atoms with Crippen LogP contribution in [0.2, 0.25) is 0 Å². The van der Waals surface area contributed by atoms with E-state index in [9.17, 15) is 4.21 Å². The van der Waals surface area contributed by atoms with Gasteiger partial charge in [0, 0.05) is 28.3 Å². The van der Waals surface area contributed by atoms with Crippen LogP contribution in [0.4, 0.5) is 0 Å². The molecule has 1 fully saturated rings. The largest absolute Gasteiger partial charge is 0.331 e. The molecule has 3 rings (SSSR count). The van der Waals surface area contributed by atoms with Crippen molar-refractivity contribution in [3.8, 4) is 0 Å². The minimum Gasteiger partial charge on any atom is -0.331 e. The standard InChI is InChI=1S/C13H16N2OS2/c1-9-2-3-11-12(8-9)15(13(17)14-11)10-4-6-18(16)7-5-10/h2-3,8,10H,4-7H2,1H3,(H,14,17). The normalized spacial score (nSPS) is 24.5. The lowest BCUT2D eigenvalue weighted by Gasteiger charge is -2.23. The molecule has 0 unspecified atom stereocenters. The van der Waals surface area contributed by atoms with Crippen LogP contribution in [0.1, 0.15) is 24.4 Å². The molecule has 96 valence electrons. The molecule has 0 aliphatic carbocycles. The van der Waals surface area contributed by atoms with Gasteiger partial charge in [0.15, 0.2) is 4.77 Å². The van der Waals surface area contributed by atoms with Crippen LogP contribution in [0.3, 0.4) is 0 Å². The Labute approximate surface area is 114 Å². The summed E-state index contributed by atoms with van der Waals surface area (Å²) in [6.07, 6.45) is 1.92. The van der Waals surface area contributed by atoms with E-state index in [1.165, 1.54) is 11.1 Å². The number of fused-ring (bicyclic) bond motifs is 1. The van der Waals surface area contributed by atoms with Gasteiger partial charge in [0.25, 0.3) is 0 Å². The van der Waals surface area contributed by atoms with Crippen LogP contribution >= 0.6 is 12.2 Å². The zero-order valence-electron chi connectivity index (χ0n) is 10.3. The van der Waals surface area contributed by atoms with Crippen molar-refractivity contribution in [3.63, 3.8) is 0 Å². The number of nitrogens with zero attached hydrogens (tertiary/aromatic N) is 1. The first-order valence-corrected chi connectivity index (χ1v) is 8.10. The summed E-state index contributed by atoms with van der Waals surface area (Å²) in [7, 11) is -0.625. The number of hydrogen-bond donors (Lipinski definition) is 1. The second-order valence-corrected chi connectivity index (χ2v) is 6.98. The van der Waals surface area contributed by atoms with Gasteiger partial charge >= 0.3 is 0 Å². The second kappa shape index (κ2) is 4.63. The van der Waals surface area contributed by atoms with Gasteiger partial charge in [-0.25, -0.2) is 0 Å². The van der Waals surface area contributed by atoms with E-state index in [-0.39, 0.29) is 0 Å². The predicted molar refractivity (Wildman–Crippen MR) is 78.0 cm³/mol. The van der Waals surface area contributed by atoms with E-state index in [0.29, 0.717) is 6.04 Å². The summed E-state index contributed by atoms with van der Waals surface area (Å²) in [6.45, 7) is 2.09. The van der Waals surface area contributed by atoms with Crippen LogP contribution in [0, 0.1) is 11.7 Å². The van der Waals surface area contributed by atoms with Crippen molar-refractivity contribution in [2.24, 2.45) is 0 Å². The van der Waals surface area contributed by atoms with Gasteiger partial charge in [-0.3, -0.25) is 4.21 Å². The number of H-pyrrole nitrogens is 1. The van der Waals surface area contributed by atoms with Gasteiger partial charge in [-0.05, 0) is 49.7 Å². The van der Waals surface area contributed by atoms with E-state index in [2.05, 4.69) is 34.7 Å². The lowest BCUT2D eigenvalue weighted by atomic mass is 10.1. The second-order valence-electron chi connectivity index (χ2n) is 4.90. The minimum atomic E-state index is -0.625. The third-order valence-electron chi connectivity index (χ3n) is 3.60. The van der Waals surface area contributed by atoms with Crippen LogP contribution in [-0.4, -0.2) is 25.3 Å². The molecule has 5 heteroatoms. The molecular formula is C13H16N2OS2. The lowest BCUT2D eigenvalue weighted by molar-refractivity contribution is 0.468. The van der Waals surface area contributed by atoms with E-state index in [0.717, 1.165) is 34.6 Å². The molecule has 0 bridgehead atoms. The number of hydrogen-bond acceptors (Lipinski definition) is 2. The van der Waals surface area contributed by atoms with E-state index in [4.69, 9.17) is 12.2 Å². The molecule has 1 aromatic carbocycles. The van der Waals surface area contributed by atoms with Crippen LogP contribution in [-0.2, 0) is 10.8 Å². The molecule has 1 aromatic heterocycles. The summed E-state index contributed by atoms with van der Waals surface area (Å²) in [4.78, 5) is 3.26. The molecule has 1 saturated heterocycles. The maximum absolute atomic E-state index is 11.4. The highest BCUT2D eigenvalue weighted by molar-refractivity contribution is 7.85. The van der Waals surface area contributed by atoms with Crippen LogP contribution in [0.5, 0.6) is 0 Å². The third kappa shape index (κ3) is 2.06. The van der Waals surface area contributed by atoms with Crippen molar-refractivity contribution >= 4 is 34.1 Å². The highest BCUT2D eigenvalue weighted by Crippen LogP contribution is 2.27. The lowest BCUT2D eigenvalue weighted by Crippen LogP contribution is -2.21. The van der Waals surface area contributed by atoms with Gasteiger partial charge < -0.3 is 9.55 Å². The summed E-state index contributed by atoms with van der Waals surface area (Å²) in [5, 5.41) is 0. The highest BCUT2D eigenvalue weighted by atomic mass is 32.2. The molecule has 2 aromatic rings. The first kappa shape index (κ1) is 12.1. The van der Waals surface area contributed by atoms with Crippen LogP contribution in [0.25, 0.3) is 11.0 Å². The molecule has 1 N–H and O–H groups in total. The average Bonchev–Trinajstić information content (AvgIpc) is 2.66. The van der Waals surface area contributed by atoms with Gasteiger partial charge in [-0.1, -0.05) is 6.07 Å². The Morgan fingerprint density at radius 3 is 2.83 bits per heavy atom. The number of rotatable bonds is 1. The van der Waals surface area contributed by atoms with Gasteiger partial charge in [0.2, 0.25) is 0 Å². The van der Waals surface area contributed by atoms with Gasteiger partial charge in [0.1, 0.15) is 0 Å². The van der Waals surface area contributed by atoms with Gasteiger partial charge in [0.05, 0.1) is 11.0 Å². The smallest absolute Gasteiger partial charge is 0.178 e. The molecule has 2 heterocycles. The minimum absolute atomic E-state index is 0.394. The van der Waals surface area contributed by atoms with Crippen molar-refractivity contribution < 1.29 is 4.21 Å². The molecule has 1 aliphatic rings. The Bertz CT molecular complexity index is 661. The molecule has 0 amide bonds. The fourth-order valence-corrected chi connectivity index (χ4v) is 4.27. The number of imidazole rings is 1. The fraction of sp³-hybridized carbons (Fsp3) is 0.462. The molecule has 18 heavy (non-hydrogen) atoms. The van der Waals surface area contributed by atoms with Crippen LogP contribution < -0.4 is 0 Å². The Hall–Kier alpha value is -0.940. The van der Waals surface area contributed by atoms with Crippen molar-refractivity contribution in [3.05, 3.63) is 28.5 Å². The Kier molecular flexibility index (Phi) is 3.11. The zero-order chi connectivity index (χ0) is 12.7. The summed E-state index contributed by atoms with van der Waals surface area (Å²) >= 11 is 5.44. The molecule has 0 saturated carbocycles. The van der Waals surface area contributed by atoms with Crippen LogP contribution in [0.15, 0.2) is 18.2 Å². The fourth-order valence-electron chi connectivity index (χ4n) is 2.63. The number of nitrogens with one attached hydrogen (secondary N) is 1. The zero-order valence-corrected chi connectivity index (χ0v) is 11.9. The first-order valence-electron chi connectivity index (χ1n) is 6.21. The monoisotopic (exact) mass is 280 g/mol. The number of benzene rings is 1. The van der Waals surface area contributed by atoms with E-state index in [1.807, 2.05) is 0 Å². The Morgan fingerprint density at radius 1 is 1.39 bits per heavy atom. The molecule has 0 atom stereocenters. The molecule has 1 aliphatic heterocycles. The van der Waals surface area contributed by atoms with Gasteiger partial charge in [-0.2, -0.15) is 0 Å². The number of aromatic nitrogens is 2.